The van der Waals surface area contributed by atoms with E-state index in [9.17, 15) is 4.79 Å². The van der Waals surface area contributed by atoms with Gasteiger partial charge in [-0.05, 0) is 37.1 Å². The van der Waals surface area contributed by atoms with Crippen molar-refractivity contribution in [3.05, 3.63) is 82.5 Å². The van der Waals surface area contributed by atoms with Gasteiger partial charge in [-0.1, -0.05) is 18.2 Å². The molecule has 32 heavy (non-hydrogen) atoms. The molecule has 0 spiro atoms. The number of anilines is 2. The number of nitrogens with two attached hydrogens (primary N) is 1. The van der Waals surface area contributed by atoms with Gasteiger partial charge in [0.2, 0.25) is 0 Å². The summed E-state index contributed by atoms with van der Waals surface area (Å²) in [6.07, 6.45) is 5.69. The predicted molar refractivity (Wildman–Crippen MR) is 128 cm³/mol. The minimum atomic E-state index is -0.231. The van der Waals surface area contributed by atoms with Crippen molar-refractivity contribution in [2.45, 2.75) is 20.3 Å². The van der Waals surface area contributed by atoms with Gasteiger partial charge in [-0.15, -0.1) is 11.3 Å². The van der Waals surface area contributed by atoms with E-state index in [0.717, 1.165) is 39.0 Å². The van der Waals surface area contributed by atoms with Crippen molar-refractivity contribution in [3.63, 3.8) is 0 Å². The lowest BCUT2D eigenvalue weighted by molar-refractivity contribution is 0.102. The second-order valence-corrected chi connectivity index (χ2v) is 8.51. The molecule has 0 aliphatic carbocycles. The molecular formula is C24H20N6OS. The lowest BCUT2D eigenvalue weighted by Gasteiger charge is -2.14. The Morgan fingerprint density at radius 1 is 1.03 bits per heavy atom. The second kappa shape index (κ2) is 7.97. The van der Waals surface area contributed by atoms with Crippen LogP contribution < -0.4 is 11.1 Å². The molecule has 3 N–H and O–H groups in total. The van der Waals surface area contributed by atoms with Crippen LogP contribution in [0.15, 0.2) is 54.4 Å². The largest absolute Gasteiger partial charge is 0.382 e. The Hall–Kier alpha value is -3.91. The van der Waals surface area contributed by atoms with Gasteiger partial charge in [0.15, 0.2) is 0 Å². The highest BCUT2D eigenvalue weighted by atomic mass is 32.1. The Labute approximate surface area is 188 Å². The van der Waals surface area contributed by atoms with Crippen LogP contribution in [0.4, 0.5) is 11.5 Å². The van der Waals surface area contributed by atoms with Crippen LogP contribution >= 0.6 is 11.3 Å². The Bertz CT molecular complexity index is 1480. The number of nitrogen functional groups attached to an aromatic ring is 1. The van der Waals surface area contributed by atoms with Gasteiger partial charge < -0.3 is 11.1 Å². The van der Waals surface area contributed by atoms with E-state index in [4.69, 9.17) is 5.73 Å². The summed E-state index contributed by atoms with van der Waals surface area (Å²) < 4.78 is 0.713. The average Bonchev–Trinajstić information content (AvgIpc) is 3.23. The topological polar surface area (TPSA) is 107 Å². The number of benzene rings is 1. The molecule has 4 heterocycles. The van der Waals surface area contributed by atoms with Gasteiger partial charge in [-0.25, -0.2) is 9.97 Å². The van der Waals surface area contributed by atoms with Crippen LogP contribution in [0.3, 0.4) is 0 Å². The monoisotopic (exact) mass is 440 g/mol. The molecule has 0 saturated heterocycles. The van der Waals surface area contributed by atoms with E-state index >= 15 is 0 Å². The summed E-state index contributed by atoms with van der Waals surface area (Å²) in [4.78, 5) is 30.4. The molecule has 0 aliphatic heterocycles. The molecule has 0 unspecified atom stereocenters. The number of amides is 1. The van der Waals surface area contributed by atoms with Gasteiger partial charge in [0.05, 0.1) is 27.2 Å². The molecular weight excluding hydrogens is 420 g/mol. The Morgan fingerprint density at radius 2 is 1.91 bits per heavy atom. The van der Waals surface area contributed by atoms with Gasteiger partial charge in [0.25, 0.3) is 5.91 Å². The summed E-state index contributed by atoms with van der Waals surface area (Å²) in [5.74, 6) is 0.146. The van der Waals surface area contributed by atoms with Crippen LogP contribution in [0.25, 0.3) is 21.0 Å². The van der Waals surface area contributed by atoms with Crippen molar-refractivity contribution >= 4 is 49.7 Å². The summed E-state index contributed by atoms with van der Waals surface area (Å²) in [6.45, 7) is 3.94. The Kier molecular flexibility index (Phi) is 4.99. The first kappa shape index (κ1) is 20.0. The van der Waals surface area contributed by atoms with E-state index in [0.29, 0.717) is 28.0 Å². The average molecular weight is 441 g/mol. The summed E-state index contributed by atoms with van der Waals surface area (Å²) >= 11 is 1.37. The number of aromatic nitrogens is 4. The fourth-order valence-corrected chi connectivity index (χ4v) is 4.64. The third kappa shape index (κ3) is 3.54. The first-order valence-corrected chi connectivity index (χ1v) is 11.0. The molecule has 0 saturated carbocycles. The molecule has 5 aromatic rings. The number of carbonyl (C=O) groups is 1. The number of pyridine rings is 2. The molecule has 0 radical (unpaired) electrons. The molecule has 1 aromatic carbocycles. The van der Waals surface area contributed by atoms with E-state index in [-0.39, 0.29) is 5.91 Å². The minimum absolute atomic E-state index is 0.231. The van der Waals surface area contributed by atoms with Crippen LogP contribution in [0.2, 0.25) is 0 Å². The Morgan fingerprint density at radius 3 is 2.72 bits per heavy atom. The van der Waals surface area contributed by atoms with Crippen molar-refractivity contribution in [1.29, 1.82) is 0 Å². The standard InChI is InChI=1S/C24H20N6OS/c1-13-3-6-16-17(7-8-26-19(16)9-15-5-4-14(2)27-10-15)20(13)30-24(31)18-11-32-22-21(18)28-12-29-23(22)25/h3-8,10-12H,9H2,1-2H3,(H,30,31)(H2,25,28,29). The smallest absolute Gasteiger partial charge is 0.258 e. The van der Waals surface area contributed by atoms with Gasteiger partial charge >= 0.3 is 0 Å². The summed E-state index contributed by atoms with van der Waals surface area (Å²) in [7, 11) is 0. The number of hydrogen-bond donors (Lipinski definition) is 2. The lowest BCUT2D eigenvalue weighted by atomic mass is 10.0. The fourth-order valence-electron chi connectivity index (χ4n) is 3.74. The SMILES string of the molecule is Cc1ccc(Cc2nccc3c(NC(=O)c4csc5c(N)ncnc45)c(C)ccc23)cn1. The maximum Gasteiger partial charge on any atom is 0.258 e. The number of carbonyl (C=O) groups excluding carboxylic acids is 1. The van der Waals surface area contributed by atoms with Gasteiger partial charge in [0.1, 0.15) is 12.1 Å². The highest BCUT2D eigenvalue weighted by molar-refractivity contribution is 7.18. The third-order valence-corrected chi connectivity index (χ3v) is 6.44. The van der Waals surface area contributed by atoms with Crippen LogP contribution in [0.1, 0.15) is 32.9 Å². The van der Waals surface area contributed by atoms with Crippen molar-refractivity contribution < 1.29 is 4.79 Å². The van der Waals surface area contributed by atoms with Crippen molar-refractivity contribution in [1.82, 2.24) is 19.9 Å². The number of fused-ring (bicyclic) bond motifs is 2. The molecule has 1 amide bonds. The molecule has 7 nitrogen and oxygen atoms in total. The summed E-state index contributed by atoms with van der Waals surface area (Å²) in [5.41, 5.74) is 11.7. The molecule has 5 rings (SSSR count). The number of nitrogens with zero attached hydrogens (tertiary/aromatic N) is 4. The van der Waals surface area contributed by atoms with Gasteiger partial charge in [-0.2, -0.15) is 0 Å². The molecule has 4 aromatic heterocycles. The van der Waals surface area contributed by atoms with Gasteiger partial charge in [0, 0.05) is 40.7 Å². The zero-order valence-electron chi connectivity index (χ0n) is 17.6. The lowest BCUT2D eigenvalue weighted by Crippen LogP contribution is -2.13. The predicted octanol–water partition coefficient (Wildman–Crippen LogP) is 4.68. The quantitative estimate of drug-likeness (QED) is 0.420. The van der Waals surface area contributed by atoms with Crippen LogP contribution in [0.5, 0.6) is 0 Å². The first-order valence-electron chi connectivity index (χ1n) is 10.1. The van der Waals surface area contributed by atoms with E-state index in [1.807, 2.05) is 38.2 Å². The maximum absolute atomic E-state index is 13.2. The number of nitrogens with one attached hydrogen (secondary N) is 1. The third-order valence-electron chi connectivity index (χ3n) is 5.44. The Balaban J connectivity index is 1.53. The second-order valence-electron chi connectivity index (χ2n) is 7.63. The number of hydrogen-bond acceptors (Lipinski definition) is 7. The van der Waals surface area contributed by atoms with Crippen LogP contribution in [-0.2, 0) is 6.42 Å². The zero-order chi connectivity index (χ0) is 22.2. The first-order chi connectivity index (χ1) is 15.5. The molecule has 0 fully saturated rings. The fraction of sp³-hybridized carbons (Fsp3) is 0.125. The number of thiophene rings is 1. The summed E-state index contributed by atoms with van der Waals surface area (Å²) in [5, 5.41) is 6.80. The van der Waals surface area contributed by atoms with E-state index in [2.05, 4.69) is 37.4 Å². The van der Waals surface area contributed by atoms with Crippen LogP contribution in [0, 0.1) is 13.8 Å². The highest BCUT2D eigenvalue weighted by Gasteiger charge is 2.18. The van der Waals surface area contributed by atoms with Crippen molar-refractivity contribution in [3.8, 4) is 0 Å². The molecule has 0 atom stereocenters. The van der Waals surface area contributed by atoms with Crippen molar-refractivity contribution in [2.75, 3.05) is 11.1 Å². The summed E-state index contributed by atoms with van der Waals surface area (Å²) in [6, 6.07) is 10.0. The molecule has 158 valence electrons. The molecule has 8 heteroatoms. The van der Waals surface area contributed by atoms with E-state index in [1.54, 1.807) is 11.6 Å². The van der Waals surface area contributed by atoms with Gasteiger partial charge in [-0.3, -0.25) is 14.8 Å². The van der Waals surface area contributed by atoms with Crippen LogP contribution in [-0.4, -0.2) is 25.8 Å². The van der Waals surface area contributed by atoms with Crippen molar-refractivity contribution in [2.24, 2.45) is 0 Å². The minimum Gasteiger partial charge on any atom is -0.382 e. The molecule has 0 aliphatic rings. The van der Waals surface area contributed by atoms with E-state index < -0.39 is 0 Å². The number of aryl methyl sites for hydroxylation is 2. The number of rotatable bonds is 4. The molecule has 0 bridgehead atoms. The highest BCUT2D eigenvalue weighted by Crippen LogP contribution is 2.32. The zero-order valence-corrected chi connectivity index (χ0v) is 18.4. The van der Waals surface area contributed by atoms with E-state index in [1.165, 1.54) is 17.7 Å². The maximum atomic E-state index is 13.2. The normalized spacial score (nSPS) is 11.2.